The van der Waals surface area contributed by atoms with Crippen LogP contribution in [0.2, 0.25) is 36.3 Å². The molecule has 2 aromatic rings. The van der Waals surface area contributed by atoms with Gasteiger partial charge in [0.1, 0.15) is 0 Å². The monoisotopic (exact) mass is 442 g/mol. The third-order valence-electron chi connectivity index (χ3n) is 7.71. The first-order chi connectivity index (χ1) is 13.4. The molecule has 0 aliphatic rings. The first kappa shape index (κ1) is 24.3. The van der Waals surface area contributed by atoms with Gasteiger partial charge in [0.15, 0.2) is 0 Å². The highest BCUT2D eigenvalue weighted by atomic mass is 28.3. The van der Waals surface area contributed by atoms with Gasteiger partial charge in [-0.25, -0.2) is 0 Å². The second-order valence-corrected chi connectivity index (χ2v) is 22.0. The van der Waals surface area contributed by atoms with Crippen molar-refractivity contribution >= 4 is 49.1 Å². The highest BCUT2D eigenvalue weighted by molar-refractivity contribution is 7.03. The normalized spacial score (nSPS) is 13.5. The zero-order valence-electron chi connectivity index (χ0n) is 20.3. The predicted molar refractivity (Wildman–Crippen MR) is 135 cm³/mol. The molecule has 6 heteroatoms. The molecule has 0 spiro atoms. The zero-order chi connectivity index (χ0) is 23.4. The minimum Gasteiger partial charge on any atom is -0.366 e. The van der Waals surface area contributed by atoms with Crippen molar-refractivity contribution < 1.29 is 9.59 Å². The fourth-order valence-corrected chi connectivity index (χ4v) is 10.6. The minimum absolute atomic E-state index is 0.0377. The Morgan fingerprint density at radius 3 is 1.40 bits per heavy atom. The number of rotatable bonds is 4. The van der Waals surface area contributed by atoms with Gasteiger partial charge < -0.3 is 11.5 Å². The molecule has 30 heavy (non-hydrogen) atoms. The van der Waals surface area contributed by atoms with Crippen molar-refractivity contribution in [1.29, 1.82) is 0 Å². The molecule has 2 aromatic carbocycles. The summed E-state index contributed by atoms with van der Waals surface area (Å²) in [4.78, 5) is 25.6. The maximum atomic E-state index is 12.9. The maximum absolute atomic E-state index is 12.9. The van der Waals surface area contributed by atoms with E-state index in [1.165, 1.54) is 5.19 Å². The third kappa shape index (κ3) is 3.64. The SMILES string of the molecule is CC(C)(C)[Si](C)(C)c1c(C(N)=O)c(C(N)=O)c2ccccc2c1[Si](C)(C)C(C)(C)C. The van der Waals surface area contributed by atoms with Crippen molar-refractivity contribution in [3.8, 4) is 0 Å². The standard InChI is InChI=1S/C24H38N2O2Si2/c1-23(2,3)29(7,8)19-16-14-12-11-13-15(16)17(21(25)27)18(22(26)28)20(19)30(9,10)24(4,5)6/h11-14H,1-10H3,(H2,25,27)(H2,26,28). The van der Waals surface area contributed by atoms with Gasteiger partial charge >= 0.3 is 0 Å². The van der Waals surface area contributed by atoms with Crippen LogP contribution in [0.3, 0.4) is 0 Å². The summed E-state index contributed by atoms with van der Waals surface area (Å²) in [6, 6.07) is 7.87. The molecule has 4 N–H and O–H groups in total. The zero-order valence-corrected chi connectivity index (χ0v) is 22.3. The Hall–Kier alpha value is -1.93. The second kappa shape index (κ2) is 7.34. The van der Waals surface area contributed by atoms with Gasteiger partial charge in [-0.2, -0.15) is 0 Å². The van der Waals surface area contributed by atoms with Gasteiger partial charge in [0.2, 0.25) is 11.8 Å². The Morgan fingerprint density at radius 2 is 1.03 bits per heavy atom. The number of carbonyl (C=O) groups excluding carboxylic acids is 2. The van der Waals surface area contributed by atoms with Crippen LogP contribution in [0.5, 0.6) is 0 Å². The lowest BCUT2D eigenvalue weighted by Gasteiger charge is -2.46. The van der Waals surface area contributed by atoms with Gasteiger partial charge in [-0.15, -0.1) is 0 Å². The second-order valence-electron chi connectivity index (χ2n) is 11.5. The fraction of sp³-hybridized carbons (Fsp3) is 0.500. The number of carbonyl (C=O) groups is 2. The van der Waals surface area contributed by atoms with Crippen molar-refractivity contribution in [2.75, 3.05) is 0 Å². The topological polar surface area (TPSA) is 86.2 Å². The molecule has 2 amide bonds. The lowest BCUT2D eigenvalue weighted by Crippen LogP contribution is -2.66. The van der Waals surface area contributed by atoms with Gasteiger partial charge in [0.25, 0.3) is 0 Å². The molecule has 0 aromatic heterocycles. The minimum atomic E-state index is -2.29. The molecule has 0 heterocycles. The third-order valence-corrected chi connectivity index (χ3v) is 19.0. The van der Waals surface area contributed by atoms with Crippen LogP contribution < -0.4 is 21.8 Å². The van der Waals surface area contributed by atoms with E-state index in [0.29, 0.717) is 5.56 Å². The largest absolute Gasteiger partial charge is 0.366 e. The van der Waals surface area contributed by atoms with Crippen molar-refractivity contribution in [3.05, 3.63) is 35.4 Å². The van der Waals surface area contributed by atoms with Crippen molar-refractivity contribution in [2.45, 2.75) is 77.8 Å². The highest BCUT2D eigenvalue weighted by Gasteiger charge is 2.48. The fourth-order valence-electron chi connectivity index (χ4n) is 3.96. The first-order valence-corrected chi connectivity index (χ1v) is 16.6. The lowest BCUT2D eigenvalue weighted by atomic mass is 9.97. The molecule has 2 rings (SSSR count). The van der Waals surface area contributed by atoms with Crippen LogP contribution in [0.1, 0.15) is 62.3 Å². The summed E-state index contributed by atoms with van der Waals surface area (Å²) in [5, 5.41) is 4.06. The first-order valence-electron chi connectivity index (χ1n) is 10.6. The van der Waals surface area contributed by atoms with Crippen molar-refractivity contribution in [2.24, 2.45) is 11.5 Å². The van der Waals surface area contributed by atoms with Gasteiger partial charge in [-0.3, -0.25) is 9.59 Å². The number of amides is 2. The van der Waals surface area contributed by atoms with Gasteiger partial charge in [-0.05, 0) is 26.0 Å². The van der Waals surface area contributed by atoms with E-state index in [2.05, 4.69) is 73.8 Å². The average molecular weight is 443 g/mol. The Bertz CT molecular complexity index is 1030. The van der Waals surface area contributed by atoms with Crippen LogP contribution in [0.15, 0.2) is 24.3 Å². The number of nitrogens with two attached hydrogens (primary N) is 2. The average Bonchev–Trinajstić information content (AvgIpc) is 2.56. The van der Waals surface area contributed by atoms with Crippen molar-refractivity contribution in [1.82, 2.24) is 0 Å². The van der Waals surface area contributed by atoms with Gasteiger partial charge in [-0.1, -0.05) is 97.2 Å². The summed E-state index contributed by atoms with van der Waals surface area (Å²) >= 11 is 0. The summed E-state index contributed by atoms with van der Waals surface area (Å²) in [5.74, 6) is -1.16. The molecule has 0 saturated carbocycles. The lowest BCUT2D eigenvalue weighted by molar-refractivity contribution is 0.0969. The maximum Gasteiger partial charge on any atom is 0.250 e. The smallest absolute Gasteiger partial charge is 0.250 e. The number of hydrogen-bond donors (Lipinski definition) is 2. The van der Waals surface area contributed by atoms with Crippen LogP contribution in [-0.2, 0) is 0 Å². The molecule has 0 aliphatic carbocycles. The Labute approximate surface area is 183 Å². The number of fused-ring (bicyclic) bond motifs is 1. The molecule has 0 atom stereocenters. The van der Waals surface area contributed by atoms with Crippen LogP contribution in [0, 0.1) is 0 Å². The van der Waals surface area contributed by atoms with Crippen molar-refractivity contribution in [3.63, 3.8) is 0 Å². The molecule has 4 nitrogen and oxygen atoms in total. The van der Waals surface area contributed by atoms with Crippen LogP contribution >= 0.6 is 0 Å². The van der Waals surface area contributed by atoms with E-state index in [0.717, 1.165) is 16.0 Å². The molecular formula is C24H38N2O2Si2. The summed E-state index contributed by atoms with van der Waals surface area (Å²) in [7, 11) is -4.43. The van der Waals surface area contributed by atoms with E-state index in [-0.39, 0.29) is 15.6 Å². The molecule has 0 bridgehead atoms. The van der Waals surface area contributed by atoms with E-state index in [9.17, 15) is 9.59 Å². The van der Waals surface area contributed by atoms with Gasteiger partial charge in [0, 0.05) is 0 Å². The number of benzene rings is 2. The van der Waals surface area contributed by atoms with Crippen LogP contribution in [0.4, 0.5) is 0 Å². The van der Waals surface area contributed by atoms with E-state index in [1.54, 1.807) is 0 Å². The summed E-state index contributed by atoms with van der Waals surface area (Å²) in [5.41, 5.74) is 12.5. The quantitative estimate of drug-likeness (QED) is 0.685. The molecule has 164 valence electrons. The van der Waals surface area contributed by atoms with Gasteiger partial charge in [0.05, 0.1) is 27.3 Å². The van der Waals surface area contributed by atoms with Crippen LogP contribution in [0.25, 0.3) is 10.8 Å². The number of primary amides is 2. The number of hydrogen-bond acceptors (Lipinski definition) is 2. The Kier molecular flexibility index (Phi) is 5.96. The van der Waals surface area contributed by atoms with E-state index >= 15 is 0 Å². The molecule has 0 radical (unpaired) electrons. The van der Waals surface area contributed by atoms with Crippen LogP contribution in [-0.4, -0.2) is 28.0 Å². The Balaban J connectivity index is 3.40. The van der Waals surface area contributed by atoms with E-state index in [4.69, 9.17) is 11.5 Å². The Morgan fingerprint density at radius 1 is 0.667 bits per heavy atom. The van der Waals surface area contributed by atoms with E-state index < -0.39 is 28.0 Å². The summed E-state index contributed by atoms with van der Waals surface area (Å²) in [6.07, 6.45) is 0. The molecule has 0 unspecified atom stereocenters. The molecular weight excluding hydrogens is 404 g/mol. The molecule has 0 aliphatic heterocycles. The summed E-state index contributed by atoms with van der Waals surface area (Å²) in [6.45, 7) is 22.8. The molecule has 0 saturated heterocycles. The molecule has 0 fully saturated rings. The van der Waals surface area contributed by atoms with E-state index in [1.807, 2.05) is 18.2 Å². The summed E-state index contributed by atoms with van der Waals surface area (Å²) < 4.78 is 0. The highest BCUT2D eigenvalue weighted by Crippen LogP contribution is 2.41. The predicted octanol–water partition coefficient (Wildman–Crippen LogP) is 4.47.